The van der Waals surface area contributed by atoms with Gasteiger partial charge < -0.3 is 10.1 Å². The molecule has 0 aliphatic carbocycles. The molecule has 1 saturated heterocycles. The summed E-state index contributed by atoms with van der Waals surface area (Å²) in [6, 6.07) is 6.10. The van der Waals surface area contributed by atoms with Gasteiger partial charge in [-0.1, -0.05) is 6.07 Å². The van der Waals surface area contributed by atoms with Crippen LogP contribution in [0.15, 0.2) is 36.8 Å². The molecule has 6 nitrogen and oxygen atoms in total. The Morgan fingerprint density at radius 2 is 1.87 bits per heavy atom. The molecule has 1 fully saturated rings. The third-order valence-electron chi connectivity index (χ3n) is 4.22. The molecule has 0 atom stereocenters. The molecule has 2 N–H and O–H groups in total. The number of nitrogens with zero attached hydrogens (tertiary/aromatic N) is 5. The van der Waals surface area contributed by atoms with Crippen molar-refractivity contribution in [3.05, 3.63) is 47.4 Å². The quantitative estimate of drug-likeness (QED) is 0.790. The lowest BCUT2D eigenvalue weighted by atomic mass is 10.3. The molecule has 0 aromatic carbocycles. The zero-order chi connectivity index (χ0) is 15.6. The van der Waals surface area contributed by atoms with Crippen molar-refractivity contribution in [3.8, 4) is 0 Å². The number of nitrogen functional groups attached to an aromatic ring is 1. The predicted molar refractivity (Wildman–Crippen MR) is 92.3 cm³/mol. The highest BCUT2D eigenvalue weighted by molar-refractivity contribution is 7.15. The van der Waals surface area contributed by atoms with Crippen LogP contribution in [-0.2, 0) is 13.1 Å². The lowest BCUT2D eigenvalue weighted by Gasteiger charge is -2.33. The second-order valence-electron chi connectivity index (χ2n) is 5.92. The number of thiazole rings is 1. The molecular formula is C16H20N6S. The van der Waals surface area contributed by atoms with Gasteiger partial charge in [0, 0.05) is 62.7 Å². The van der Waals surface area contributed by atoms with Gasteiger partial charge in [-0.3, -0.25) is 9.80 Å². The molecule has 0 radical (unpaired) electrons. The maximum atomic E-state index is 5.70. The smallest absolute Gasteiger partial charge is 0.180 e. The van der Waals surface area contributed by atoms with E-state index in [-0.39, 0.29) is 0 Å². The van der Waals surface area contributed by atoms with Crippen LogP contribution in [0.25, 0.3) is 5.65 Å². The average molecular weight is 328 g/mol. The highest BCUT2D eigenvalue weighted by Crippen LogP contribution is 2.18. The number of hydrogen-bond donors (Lipinski definition) is 1. The molecule has 7 heteroatoms. The van der Waals surface area contributed by atoms with E-state index >= 15 is 0 Å². The van der Waals surface area contributed by atoms with E-state index < -0.39 is 0 Å². The summed E-state index contributed by atoms with van der Waals surface area (Å²) in [6.45, 7) is 6.17. The third kappa shape index (κ3) is 3.36. The van der Waals surface area contributed by atoms with Crippen LogP contribution in [0.1, 0.15) is 10.6 Å². The molecule has 0 saturated carbocycles. The van der Waals surface area contributed by atoms with Crippen LogP contribution in [0.3, 0.4) is 0 Å². The van der Waals surface area contributed by atoms with Gasteiger partial charge in [-0.2, -0.15) is 0 Å². The van der Waals surface area contributed by atoms with E-state index in [1.54, 1.807) is 11.3 Å². The zero-order valence-corrected chi connectivity index (χ0v) is 13.7. The van der Waals surface area contributed by atoms with Crippen LogP contribution in [0, 0.1) is 0 Å². The summed E-state index contributed by atoms with van der Waals surface area (Å²) in [6.07, 6.45) is 6.06. The van der Waals surface area contributed by atoms with Gasteiger partial charge in [0.1, 0.15) is 5.65 Å². The summed E-state index contributed by atoms with van der Waals surface area (Å²) in [5.41, 5.74) is 7.85. The Balaban J connectivity index is 1.32. The van der Waals surface area contributed by atoms with Gasteiger partial charge in [-0.15, -0.1) is 11.3 Å². The number of piperazine rings is 1. The molecule has 0 spiro atoms. The molecule has 3 aromatic rings. The zero-order valence-electron chi connectivity index (χ0n) is 12.9. The standard InChI is InChI=1S/C16H20N6S/c17-16-18-9-14(23-16)12-21-7-5-20(6-8-21)10-13-11-22-4-2-1-3-15(22)19-13/h1-4,9,11H,5-8,10,12H2,(H2,17,18). The van der Waals surface area contributed by atoms with E-state index in [0.717, 1.165) is 50.6 Å². The molecule has 1 aliphatic rings. The fourth-order valence-corrected chi connectivity index (χ4v) is 3.74. The number of nitrogens with two attached hydrogens (primary N) is 1. The molecule has 0 amide bonds. The summed E-state index contributed by atoms with van der Waals surface area (Å²) in [5.74, 6) is 0. The molecular weight excluding hydrogens is 308 g/mol. The van der Waals surface area contributed by atoms with Crippen LogP contribution < -0.4 is 5.73 Å². The van der Waals surface area contributed by atoms with Crippen molar-refractivity contribution in [1.82, 2.24) is 24.2 Å². The van der Waals surface area contributed by atoms with Gasteiger partial charge in [0.05, 0.1) is 5.69 Å². The van der Waals surface area contributed by atoms with Crippen molar-refractivity contribution in [1.29, 1.82) is 0 Å². The second kappa shape index (κ2) is 6.27. The number of pyridine rings is 1. The minimum Gasteiger partial charge on any atom is -0.375 e. The first-order chi connectivity index (χ1) is 11.3. The van der Waals surface area contributed by atoms with Crippen LogP contribution in [0.4, 0.5) is 5.13 Å². The monoisotopic (exact) mass is 328 g/mol. The van der Waals surface area contributed by atoms with Crippen LogP contribution in [0.2, 0.25) is 0 Å². The van der Waals surface area contributed by atoms with Crippen molar-refractivity contribution in [3.63, 3.8) is 0 Å². The van der Waals surface area contributed by atoms with Crippen molar-refractivity contribution >= 4 is 22.1 Å². The Kier molecular flexibility index (Phi) is 3.99. The predicted octanol–water partition coefficient (Wildman–Crippen LogP) is 1.69. The first-order valence-electron chi connectivity index (χ1n) is 7.84. The van der Waals surface area contributed by atoms with Crippen molar-refractivity contribution in [2.45, 2.75) is 13.1 Å². The van der Waals surface area contributed by atoms with Gasteiger partial charge in [-0.05, 0) is 12.1 Å². The molecule has 23 heavy (non-hydrogen) atoms. The van der Waals surface area contributed by atoms with Crippen molar-refractivity contribution < 1.29 is 0 Å². The topological polar surface area (TPSA) is 62.7 Å². The highest BCUT2D eigenvalue weighted by Gasteiger charge is 2.18. The Labute approximate surface area is 139 Å². The Morgan fingerprint density at radius 1 is 1.09 bits per heavy atom. The number of rotatable bonds is 4. The lowest BCUT2D eigenvalue weighted by Crippen LogP contribution is -2.45. The first-order valence-corrected chi connectivity index (χ1v) is 8.65. The molecule has 4 heterocycles. The van der Waals surface area contributed by atoms with E-state index in [4.69, 9.17) is 5.73 Å². The highest BCUT2D eigenvalue weighted by atomic mass is 32.1. The molecule has 4 rings (SSSR count). The molecule has 0 bridgehead atoms. The van der Waals surface area contributed by atoms with Gasteiger partial charge in [-0.25, -0.2) is 9.97 Å². The van der Waals surface area contributed by atoms with E-state index in [2.05, 4.69) is 30.4 Å². The van der Waals surface area contributed by atoms with E-state index in [9.17, 15) is 0 Å². The minimum atomic E-state index is 0.658. The summed E-state index contributed by atoms with van der Waals surface area (Å²) < 4.78 is 2.08. The van der Waals surface area contributed by atoms with Crippen LogP contribution in [0.5, 0.6) is 0 Å². The number of fused-ring (bicyclic) bond motifs is 1. The first kappa shape index (κ1) is 14.6. The fourth-order valence-electron chi connectivity index (χ4n) is 3.01. The molecule has 0 unspecified atom stereocenters. The molecule has 1 aliphatic heterocycles. The number of aromatic nitrogens is 3. The largest absolute Gasteiger partial charge is 0.375 e. The van der Waals surface area contributed by atoms with Gasteiger partial charge in [0.2, 0.25) is 0 Å². The fraction of sp³-hybridized carbons (Fsp3) is 0.375. The maximum absolute atomic E-state index is 5.70. The Morgan fingerprint density at radius 3 is 2.57 bits per heavy atom. The van der Waals surface area contributed by atoms with Gasteiger partial charge in [0.15, 0.2) is 5.13 Å². The summed E-state index contributed by atoms with van der Waals surface area (Å²) in [4.78, 5) is 15.0. The molecule has 3 aromatic heterocycles. The van der Waals surface area contributed by atoms with Crippen LogP contribution in [-0.4, -0.2) is 50.3 Å². The van der Waals surface area contributed by atoms with Crippen molar-refractivity contribution in [2.75, 3.05) is 31.9 Å². The minimum absolute atomic E-state index is 0.658. The number of imidazole rings is 1. The van der Waals surface area contributed by atoms with E-state index in [0.29, 0.717) is 5.13 Å². The lowest BCUT2D eigenvalue weighted by molar-refractivity contribution is 0.122. The second-order valence-corrected chi connectivity index (χ2v) is 7.06. The van der Waals surface area contributed by atoms with Crippen LogP contribution >= 0.6 is 11.3 Å². The Bertz CT molecular complexity index is 754. The Hall–Kier alpha value is -1.96. The third-order valence-corrected chi connectivity index (χ3v) is 5.03. The number of anilines is 1. The average Bonchev–Trinajstić information content (AvgIpc) is 3.14. The number of hydrogen-bond acceptors (Lipinski definition) is 6. The summed E-state index contributed by atoms with van der Waals surface area (Å²) >= 11 is 1.59. The van der Waals surface area contributed by atoms with E-state index in [1.807, 2.05) is 30.6 Å². The normalized spacial score (nSPS) is 17.0. The van der Waals surface area contributed by atoms with E-state index in [1.165, 1.54) is 4.88 Å². The summed E-state index contributed by atoms with van der Waals surface area (Å²) in [7, 11) is 0. The van der Waals surface area contributed by atoms with Crippen molar-refractivity contribution in [2.24, 2.45) is 0 Å². The van der Waals surface area contributed by atoms with Gasteiger partial charge in [0.25, 0.3) is 0 Å². The SMILES string of the molecule is Nc1ncc(CN2CCN(Cc3cn4ccccc4n3)CC2)s1. The van der Waals surface area contributed by atoms with Gasteiger partial charge >= 0.3 is 0 Å². The summed E-state index contributed by atoms with van der Waals surface area (Å²) in [5, 5.41) is 0.658. The maximum Gasteiger partial charge on any atom is 0.180 e. The molecule has 120 valence electrons.